The van der Waals surface area contributed by atoms with Crippen LogP contribution in [0.5, 0.6) is 0 Å². The molecule has 1 aromatic carbocycles. The van der Waals surface area contributed by atoms with Gasteiger partial charge in [-0.1, -0.05) is 12.1 Å². The van der Waals surface area contributed by atoms with E-state index in [9.17, 15) is 13.2 Å². The molecule has 8 nitrogen and oxygen atoms in total. The molecular weight excluding hydrogens is 368 g/mol. The Morgan fingerprint density at radius 3 is 2.56 bits per heavy atom. The first-order valence-corrected chi connectivity index (χ1v) is 10.2. The Hall–Kier alpha value is -2.49. The number of carbonyl (C=O) groups excluding carboxylic acids is 1. The summed E-state index contributed by atoms with van der Waals surface area (Å²) in [4.78, 5) is 18.7. The summed E-state index contributed by atoms with van der Waals surface area (Å²) in [6.07, 6.45) is 3.86. The highest BCUT2D eigenvalue weighted by molar-refractivity contribution is 7.89. The van der Waals surface area contributed by atoms with Crippen molar-refractivity contribution in [3.63, 3.8) is 0 Å². The number of ether oxygens (including phenoxy) is 1. The molecule has 0 spiro atoms. The number of sulfonamides is 1. The zero-order valence-corrected chi connectivity index (χ0v) is 15.6. The number of anilines is 1. The quantitative estimate of drug-likeness (QED) is 0.744. The molecule has 0 atom stereocenters. The molecule has 3 rings (SSSR count). The van der Waals surface area contributed by atoms with Crippen LogP contribution in [-0.4, -0.2) is 52.2 Å². The number of hydrogen-bond donors (Lipinski definition) is 2. The topological polar surface area (TPSA) is 115 Å². The van der Waals surface area contributed by atoms with E-state index in [2.05, 4.69) is 15.2 Å². The molecule has 1 amide bonds. The van der Waals surface area contributed by atoms with Crippen molar-refractivity contribution in [3.05, 3.63) is 53.9 Å². The second kappa shape index (κ2) is 8.47. The first-order chi connectivity index (χ1) is 12.9. The third-order valence-electron chi connectivity index (χ3n) is 4.31. The zero-order chi connectivity index (χ0) is 19.3. The zero-order valence-electron chi connectivity index (χ0n) is 14.8. The van der Waals surface area contributed by atoms with Gasteiger partial charge in [0.25, 0.3) is 5.91 Å². The first-order valence-electron chi connectivity index (χ1n) is 8.61. The molecule has 27 heavy (non-hydrogen) atoms. The van der Waals surface area contributed by atoms with Crippen molar-refractivity contribution in [2.45, 2.75) is 11.3 Å². The first kappa shape index (κ1) is 19.3. The van der Waals surface area contributed by atoms with Crippen molar-refractivity contribution < 1.29 is 17.9 Å². The Morgan fingerprint density at radius 1 is 1.19 bits per heavy atom. The van der Waals surface area contributed by atoms with Crippen LogP contribution >= 0.6 is 0 Å². The number of hydrogen-bond acceptors (Lipinski definition) is 6. The molecule has 1 fully saturated rings. The van der Waals surface area contributed by atoms with Gasteiger partial charge in [-0.3, -0.25) is 9.78 Å². The van der Waals surface area contributed by atoms with Crippen LogP contribution in [0.2, 0.25) is 0 Å². The van der Waals surface area contributed by atoms with Gasteiger partial charge in [0.05, 0.1) is 35.6 Å². The molecule has 2 aromatic rings. The lowest BCUT2D eigenvalue weighted by Gasteiger charge is -2.28. The Labute approximate surface area is 158 Å². The van der Waals surface area contributed by atoms with E-state index in [0.717, 1.165) is 24.3 Å². The average molecular weight is 390 g/mol. The number of aromatic nitrogens is 1. The summed E-state index contributed by atoms with van der Waals surface area (Å²) in [7, 11) is -3.69. The number of pyridine rings is 1. The fraction of sp³-hybridized carbons (Fsp3) is 0.333. The molecule has 9 heteroatoms. The SMILES string of the molecule is NS(=O)(=O)c1ccc(CCNC(=O)c2cncc(N3CCOCC3)c2)cc1. The van der Waals surface area contributed by atoms with E-state index in [1.807, 2.05) is 6.07 Å². The molecule has 0 saturated carbocycles. The van der Waals surface area contributed by atoms with E-state index in [4.69, 9.17) is 9.88 Å². The molecular formula is C18H22N4O4S. The van der Waals surface area contributed by atoms with E-state index in [1.165, 1.54) is 12.1 Å². The number of nitrogens with zero attached hydrogens (tertiary/aromatic N) is 2. The van der Waals surface area contributed by atoms with Gasteiger partial charge in [-0.2, -0.15) is 0 Å². The minimum atomic E-state index is -3.69. The van der Waals surface area contributed by atoms with Crippen molar-refractivity contribution in [3.8, 4) is 0 Å². The van der Waals surface area contributed by atoms with Crippen LogP contribution in [0.3, 0.4) is 0 Å². The molecule has 0 unspecified atom stereocenters. The van der Waals surface area contributed by atoms with Gasteiger partial charge in [-0.15, -0.1) is 0 Å². The minimum absolute atomic E-state index is 0.0706. The second-order valence-corrected chi connectivity index (χ2v) is 7.79. The number of amides is 1. The van der Waals surface area contributed by atoms with E-state index < -0.39 is 10.0 Å². The van der Waals surface area contributed by atoms with Crippen molar-refractivity contribution in [2.75, 3.05) is 37.7 Å². The third-order valence-corrected chi connectivity index (χ3v) is 5.24. The number of primary sulfonamides is 1. The Kier molecular flexibility index (Phi) is 6.04. The minimum Gasteiger partial charge on any atom is -0.378 e. The number of nitrogens with one attached hydrogen (secondary N) is 1. The highest BCUT2D eigenvalue weighted by Crippen LogP contribution is 2.16. The summed E-state index contributed by atoms with van der Waals surface area (Å²) in [6.45, 7) is 3.32. The molecule has 2 heterocycles. The number of benzene rings is 1. The third kappa shape index (κ3) is 5.25. The Morgan fingerprint density at radius 2 is 1.89 bits per heavy atom. The van der Waals surface area contributed by atoms with Gasteiger partial charge >= 0.3 is 0 Å². The van der Waals surface area contributed by atoms with Gasteiger partial charge in [0.15, 0.2) is 0 Å². The monoisotopic (exact) mass is 390 g/mol. The van der Waals surface area contributed by atoms with Crippen molar-refractivity contribution >= 4 is 21.6 Å². The van der Waals surface area contributed by atoms with Crippen LogP contribution in [0, 0.1) is 0 Å². The van der Waals surface area contributed by atoms with Crippen LogP contribution in [0.25, 0.3) is 0 Å². The van der Waals surface area contributed by atoms with Crippen LogP contribution in [0.4, 0.5) is 5.69 Å². The standard InChI is InChI=1S/C18H22N4O4S/c19-27(24,25)17-3-1-14(2-4-17)5-6-21-18(23)15-11-16(13-20-12-15)22-7-9-26-10-8-22/h1-4,11-13H,5-10H2,(H,21,23)(H2,19,24,25). The van der Waals surface area contributed by atoms with Gasteiger partial charge in [-0.25, -0.2) is 13.6 Å². The van der Waals surface area contributed by atoms with E-state index in [1.54, 1.807) is 24.5 Å². The lowest BCUT2D eigenvalue weighted by molar-refractivity contribution is 0.0953. The van der Waals surface area contributed by atoms with Crippen LogP contribution < -0.4 is 15.4 Å². The van der Waals surface area contributed by atoms with E-state index in [-0.39, 0.29) is 10.8 Å². The number of morpholine rings is 1. The number of rotatable bonds is 6. The average Bonchev–Trinajstić information content (AvgIpc) is 2.68. The second-order valence-electron chi connectivity index (χ2n) is 6.23. The number of carbonyl (C=O) groups is 1. The summed E-state index contributed by atoms with van der Waals surface area (Å²) in [6, 6.07) is 8.12. The normalized spacial score (nSPS) is 14.8. The molecule has 3 N–H and O–H groups in total. The lowest BCUT2D eigenvalue weighted by Crippen LogP contribution is -2.36. The van der Waals surface area contributed by atoms with Crippen molar-refractivity contribution in [1.29, 1.82) is 0 Å². The largest absolute Gasteiger partial charge is 0.378 e. The molecule has 144 valence electrons. The predicted molar refractivity (Wildman–Crippen MR) is 101 cm³/mol. The molecule has 1 aromatic heterocycles. The summed E-state index contributed by atoms with van der Waals surface area (Å²) in [5, 5.41) is 7.93. The predicted octanol–water partition coefficient (Wildman–Crippen LogP) is 0.538. The Balaban J connectivity index is 1.55. The van der Waals surface area contributed by atoms with E-state index >= 15 is 0 Å². The molecule has 1 aliphatic heterocycles. The molecule has 1 saturated heterocycles. The molecule has 0 radical (unpaired) electrons. The molecule has 1 aliphatic rings. The van der Waals surface area contributed by atoms with Crippen molar-refractivity contribution in [1.82, 2.24) is 10.3 Å². The van der Waals surface area contributed by atoms with Crippen LogP contribution in [0.15, 0.2) is 47.6 Å². The van der Waals surface area contributed by atoms with E-state index in [0.29, 0.717) is 31.7 Å². The smallest absolute Gasteiger partial charge is 0.252 e. The van der Waals surface area contributed by atoms with Crippen LogP contribution in [0.1, 0.15) is 15.9 Å². The fourth-order valence-corrected chi connectivity index (χ4v) is 3.33. The van der Waals surface area contributed by atoms with Gasteiger partial charge in [-0.05, 0) is 30.2 Å². The summed E-state index contributed by atoms with van der Waals surface area (Å²) >= 11 is 0. The molecule has 0 bridgehead atoms. The summed E-state index contributed by atoms with van der Waals surface area (Å²) in [5.74, 6) is -0.196. The van der Waals surface area contributed by atoms with Crippen molar-refractivity contribution in [2.24, 2.45) is 5.14 Å². The molecule has 0 aliphatic carbocycles. The van der Waals surface area contributed by atoms with Gasteiger partial charge in [0, 0.05) is 25.8 Å². The Bertz CT molecular complexity index is 894. The fourth-order valence-electron chi connectivity index (χ4n) is 2.81. The van der Waals surface area contributed by atoms with Gasteiger partial charge < -0.3 is 15.0 Å². The maximum absolute atomic E-state index is 12.4. The van der Waals surface area contributed by atoms with Gasteiger partial charge in [0.1, 0.15) is 0 Å². The number of nitrogens with two attached hydrogens (primary N) is 1. The van der Waals surface area contributed by atoms with Gasteiger partial charge in [0.2, 0.25) is 10.0 Å². The lowest BCUT2D eigenvalue weighted by atomic mass is 10.1. The summed E-state index contributed by atoms with van der Waals surface area (Å²) in [5.41, 5.74) is 2.32. The maximum Gasteiger partial charge on any atom is 0.252 e. The highest BCUT2D eigenvalue weighted by Gasteiger charge is 2.14. The highest BCUT2D eigenvalue weighted by atomic mass is 32.2. The summed E-state index contributed by atoms with van der Waals surface area (Å²) < 4.78 is 27.8. The maximum atomic E-state index is 12.4. The van der Waals surface area contributed by atoms with Crippen LogP contribution in [-0.2, 0) is 21.2 Å².